The van der Waals surface area contributed by atoms with Gasteiger partial charge < -0.3 is 31.9 Å². The Balaban J connectivity index is 0. The fraction of sp³-hybridized carbons (Fsp3) is 0.167. The molecule has 0 saturated heterocycles. The molecule has 2 aromatic carbocycles. The molecule has 3 rings (SSSR count). The highest BCUT2D eigenvalue weighted by molar-refractivity contribution is 7.89. The lowest BCUT2D eigenvalue weighted by Crippen LogP contribution is -2.13. The summed E-state index contributed by atoms with van der Waals surface area (Å²) in [6.07, 6.45) is 1.80. The summed E-state index contributed by atoms with van der Waals surface area (Å²) in [5, 5.41) is 21.4. The maximum Gasteiger partial charge on any atom is 0.251 e. The first-order chi connectivity index (χ1) is 16.7. The van der Waals surface area contributed by atoms with Crippen molar-refractivity contribution in [3.63, 3.8) is 0 Å². The maximum atomic E-state index is 14.4. The number of aliphatic hydroxyl groups excluding tert-OH is 2. The largest absolute Gasteiger partial charge is 0.494 e. The van der Waals surface area contributed by atoms with E-state index in [-0.39, 0.29) is 29.5 Å². The fourth-order valence-electron chi connectivity index (χ4n) is 3.07. The molecule has 1 aromatic heterocycles. The van der Waals surface area contributed by atoms with Crippen molar-refractivity contribution in [1.29, 1.82) is 0 Å². The number of benzene rings is 2. The maximum absolute atomic E-state index is 14.4. The van der Waals surface area contributed by atoms with Crippen molar-refractivity contribution < 1.29 is 33.2 Å². The van der Waals surface area contributed by atoms with Crippen LogP contribution in [0.3, 0.4) is 0 Å². The quantitative estimate of drug-likeness (QED) is 0.198. The van der Waals surface area contributed by atoms with E-state index in [1.165, 1.54) is 30.6 Å². The molecule has 1 unspecified atom stereocenters. The standard InChI is InChI=1S/C21H20FNO3S2.2CH3NOS.CH4.H2O/c1-4-13(2)21-20(14-9-10-18(26-3)17(22)11-14)16(12-27-21)15-7-5-6-8-19(15)28(23,24)25;2*2-1(3)4;;/h4-13H,1H2,2-3H3,(H2,23,24,25);2*(H3,2,3,4);1H4;1H2. The molecule has 10 N–H and O–H groups in total. The van der Waals surface area contributed by atoms with Gasteiger partial charge in [-0.15, -0.1) is 17.9 Å². The lowest BCUT2D eigenvalue weighted by molar-refractivity contribution is 0.386. The Morgan fingerprint density at radius 1 is 1.13 bits per heavy atom. The second kappa shape index (κ2) is 16.7. The number of hydrogen-bond donors (Lipinski definition) is 5. The number of halogens is 1. The van der Waals surface area contributed by atoms with Crippen LogP contribution >= 0.6 is 35.8 Å². The zero-order valence-corrected chi connectivity index (χ0v) is 23.1. The molecule has 38 heavy (non-hydrogen) atoms. The second-order valence-corrected chi connectivity index (χ2v) is 10.3. The average Bonchev–Trinajstić information content (AvgIpc) is 3.22. The first kappa shape index (κ1) is 37.0. The summed E-state index contributed by atoms with van der Waals surface area (Å²) in [5.41, 5.74) is 11.3. The van der Waals surface area contributed by atoms with Gasteiger partial charge in [0.25, 0.3) is 10.3 Å². The van der Waals surface area contributed by atoms with Gasteiger partial charge >= 0.3 is 0 Å². The summed E-state index contributed by atoms with van der Waals surface area (Å²) >= 11 is 9.21. The average molecular weight is 606 g/mol. The van der Waals surface area contributed by atoms with Crippen LogP contribution < -0.4 is 21.3 Å². The molecular weight excluding hydrogens is 574 g/mol. The number of hydrogen-bond acceptors (Lipinski definition) is 6. The van der Waals surface area contributed by atoms with Gasteiger partial charge in [0.05, 0.1) is 12.0 Å². The Morgan fingerprint density at radius 2 is 1.66 bits per heavy atom. The minimum Gasteiger partial charge on any atom is -0.494 e. The highest BCUT2D eigenvalue weighted by Gasteiger charge is 2.23. The van der Waals surface area contributed by atoms with Gasteiger partial charge in [-0.25, -0.2) is 17.9 Å². The third kappa shape index (κ3) is 10.7. The summed E-state index contributed by atoms with van der Waals surface area (Å²) in [4.78, 5) is 0.986. The van der Waals surface area contributed by atoms with E-state index in [1.807, 2.05) is 12.3 Å². The van der Waals surface area contributed by atoms with Crippen molar-refractivity contribution in [3.05, 3.63) is 71.2 Å². The van der Waals surface area contributed by atoms with Crippen LogP contribution in [-0.4, -0.2) is 41.6 Å². The van der Waals surface area contributed by atoms with Crippen molar-refractivity contribution in [3.8, 4) is 28.0 Å². The molecule has 0 spiro atoms. The van der Waals surface area contributed by atoms with Crippen molar-refractivity contribution >= 4 is 56.1 Å². The molecule has 0 bridgehead atoms. The number of aliphatic hydroxyl groups is 2. The molecule has 1 atom stereocenters. The molecule has 210 valence electrons. The third-order valence-corrected chi connectivity index (χ3v) is 6.66. The third-order valence-electron chi connectivity index (χ3n) is 4.51. The summed E-state index contributed by atoms with van der Waals surface area (Å²) < 4.78 is 43.6. The van der Waals surface area contributed by atoms with E-state index in [2.05, 4.69) is 42.5 Å². The Bertz CT molecular complexity index is 1330. The molecule has 0 aliphatic rings. The molecular formula is C24H32FN3O6S4. The van der Waals surface area contributed by atoms with Crippen LogP contribution in [0.5, 0.6) is 5.75 Å². The summed E-state index contributed by atoms with van der Waals surface area (Å²) in [6.45, 7) is 5.84. The van der Waals surface area contributed by atoms with Crippen LogP contribution in [0.1, 0.15) is 25.1 Å². The van der Waals surface area contributed by atoms with Gasteiger partial charge in [0.1, 0.15) is 0 Å². The first-order valence-corrected chi connectivity index (χ1v) is 13.2. The van der Waals surface area contributed by atoms with Crippen LogP contribution in [0.2, 0.25) is 0 Å². The van der Waals surface area contributed by atoms with Crippen LogP contribution in [0.25, 0.3) is 22.3 Å². The van der Waals surface area contributed by atoms with Crippen LogP contribution in [0.15, 0.2) is 65.4 Å². The number of thiocarbonyl (C=S) groups is 2. The zero-order valence-electron chi connectivity index (χ0n) is 19.8. The number of ether oxygens (including phenoxy) is 1. The van der Waals surface area contributed by atoms with Crippen molar-refractivity contribution in [2.24, 2.45) is 16.6 Å². The number of methoxy groups -OCH3 is 1. The zero-order chi connectivity index (χ0) is 27.6. The number of primary sulfonamides is 1. The molecule has 3 aromatic rings. The molecule has 1 heterocycles. The molecule has 14 heteroatoms. The molecule has 0 amide bonds. The van der Waals surface area contributed by atoms with E-state index in [9.17, 15) is 12.8 Å². The second-order valence-electron chi connectivity index (χ2n) is 6.98. The molecule has 0 aliphatic carbocycles. The molecule has 0 radical (unpaired) electrons. The van der Waals surface area contributed by atoms with Crippen molar-refractivity contribution in [2.45, 2.75) is 25.2 Å². The smallest absolute Gasteiger partial charge is 0.251 e. The fourth-order valence-corrected chi connectivity index (χ4v) is 4.97. The minimum absolute atomic E-state index is 0. The van der Waals surface area contributed by atoms with Gasteiger partial charge in [-0.05, 0) is 53.6 Å². The predicted molar refractivity (Wildman–Crippen MR) is 161 cm³/mol. The minimum atomic E-state index is -3.93. The Morgan fingerprint density at radius 3 is 2.11 bits per heavy atom. The first-order valence-electron chi connectivity index (χ1n) is 9.91. The van der Waals surface area contributed by atoms with E-state index in [0.29, 0.717) is 16.7 Å². The van der Waals surface area contributed by atoms with E-state index in [0.717, 1.165) is 10.4 Å². The molecule has 9 nitrogen and oxygen atoms in total. The van der Waals surface area contributed by atoms with Crippen LogP contribution in [-0.2, 0) is 10.0 Å². The van der Waals surface area contributed by atoms with E-state index in [4.69, 9.17) is 20.1 Å². The summed E-state index contributed by atoms with van der Waals surface area (Å²) in [5.74, 6) is -0.349. The SMILES string of the molecule is C.C=CC(C)c1scc(-c2ccccc2S(N)(=O)=O)c1-c1ccc(OC)c(F)c1.NC(O)=S.NC(O)=S.O. The molecule has 0 saturated carbocycles. The van der Waals surface area contributed by atoms with Crippen LogP contribution in [0, 0.1) is 5.82 Å². The number of rotatable bonds is 6. The van der Waals surface area contributed by atoms with Gasteiger partial charge in [0.2, 0.25) is 10.0 Å². The van der Waals surface area contributed by atoms with Crippen molar-refractivity contribution in [1.82, 2.24) is 0 Å². The summed E-state index contributed by atoms with van der Waals surface area (Å²) in [7, 11) is -2.52. The van der Waals surface area contributed by atoms with Gasteiger partial charge in [-0.1, -0.05) is 44.7 Å². The normalized spacial score (nSPS) is 10.5. The monoisotopic (exact) mass is 605 g/mol. The van der Waals surface area contributed by atoms with Gasteiger partial charge in [-0.3, -0.25) is 0 Å². The molecule has 0 aliphatic heterocycles. The van der Waals surface area contributed by atoms with Gasteiger partial charge in [-0.2, -0.15) is 0 Å². The number of nitrogens with two attached hydrogens (primary N) is 3. The van der Waals surface area contributed by atoms with E-state index >= 15 is 0 Å². The van der Waals surface area contributed by atoms with Crippen molar-refractivity contribution in [2.75, 3.05) is 7.11 Å². The Labute approximate surface area is 236 Å². The van der Waals surface area contributed by atoms with Crippen LogP contribution in [0.4, 0.5) is 4.39 Å². The number of thiophene rings is 1. The Hall–Kier alpha value is -3.14. The van der Waals surface area contributed by atoms with Gasteiger partial charge in [0, 0.05) is 27.5 Å². The number of allylic oxidation sites excluding steroid dienone is 1. The van der Waals surface area contributed by atoms with E-state index in [1.54, 1.807) is 36.4 Å². The molecule has 0 fully saturated rings. The highest BCUT2D eigenvalue weighted by atomic mass is 32.2. The summed E-state index contributed by atoms with van der Waals surface area (Å²) in [6, 6.07) is 11.2. The predicted octanol–water partition coefficient (Wildman–Crippen LogP) is 4.55. The Kier molecular flexibility index (Phi) is 16.2. The van der Waals surface area contributed by atoms with Gasteiger partial charge in [0.15, 0.2) is 11.6 Å². The van der Waals surface area contributed by atoms with E-state index < -0.39 is 26.2 Å². The lowest BCUT2D eigenvalue weighted by atomic mass is 9.93. The number of sulfonamides is 1. The highest BCUT2D eigenvalue weighted by Crippen LogP contribution is 2.45. The lowest BCUT2D eigenvalue weighted by Gasteiger charge is -2.14. The topological polar surface area (TPSA) is 193 Å².